The van der Waals surface area contributed by atoms with E-state index in [0.29, 0.717) is 23.4 Å². The molecule has 2 aromatic rings. The average Bonchev–Trinajstić information content (AvgIpc) is 3.36. The quantitative estimate of drug-likeness (QED) is 0.542. The molecule has 6 N–H and O–H groups in total. The molecule has 1 aromatic carbocycles. The molecule has 2 aliphatic rings. The number of anilines is 3. The van der Waals surface area contributed by atoms with Crippen LogP contribution in [0.5, 0.6) is 0 Å². The first-order chi connectivity index (χ1) is 12.2. The Hall–Kier alpha value is -3.13. The minimum absolute atomic E-state index is 0.380. The Balaban J connectivity index is 1.42. The highest BCUT2D eigenvalue weighted by atomic mass is 16.1. The lowest BCUT2D eigenvalue weighted by molar-refractivity contribution is 0.100. The first-order valence-electron chi connectivity index (χ1n) is 8.18. The molecular weight excluding hydrogens is 318 g/mol. The van der Waals surface area contributed by atoms with Crippen LogP contribution in [0.1, 0.15) is 23.2 Å². The predicted molar refractivity (Wildman–Crippen MR) is 94.8 cm³/mol. The standard InChI is InChI=1S/C17H19N7O/c18-16(25)11-3-5-12(6-4-11)20-17-19-8-7-14(22-17)21-15-9-13(23-24-15)10-1-2-10/h3-10,13,23-24H,1-2H2,(H2,18,25)(H2,19,20,21,22). The number of nitrogens with two attached hydrogens (primary N) is 1. The summed E-state index contributed by atoms with van der Waals surface area (Å²) >= 11 is 0. The van der Waals surface area contributed by atoms with E-state index in [4.69, 9.17) is 5.73 Å². The molecule has 1 fully saturated rings. The van der Waals surface area contributed by atoms with Gasteiger partial charge in [0.15, 0.2) is 0 Å². The second-order valence-corrected chi connectivity index (χ2v) is 6.17. The first kappa shape index (κ1) is 15.4. The van der Waals surface area contributed by atoms with Gasteiger partial charge >= 0.3 is 0 Å². The maximum absolute atomic E-state index is 11.1. The summed E-state index contributed by atoms with van der Waals surface area (Å²) in [7, 11) is 0. The topological polar surface area (TPSA) is 117 Å². The summed E-state index contributed by atoms with van der Waals surface area (Å²) in [6.07, 6.45) is 6.38. The molecule has 1 aromatic heterocycles. The molecule has 1 atom stereocenters. The van der Waals surface area contributed by atoms with Gasteiger partial charge in [-0.3, -0.25) is 4.79 Å². The van der Waals surface area contributed by atoms with Crippen molar-refractivity contribution in [2.75, 3.05) is 10.6 Å². The van der Waals surface area contributed by atoms with E-state index in [1.807, 2.05) is 0 Å². The third-order valence-electron chi connectivity index (χ3n) is 4.19. The molecule has 2 heterocycles. The van der Waals surface area contributed by atoms with E-state index in [2.05, 4.69) is 37.5 Å². The van der Waals surface area contributed by atoms with Crippen LogP contribution in [-0.4, -0.2) is 21.9 Å². The van der Waals surface area contributed by atoms with Gasteiger partial charge in [0.1, 0.15) is 11.6 Å². The van der Waals surface area contributed by atoms with Crippen LogP contribution in [0, 0.1) is 5.92 Å². The van der Waals surface area contributed by atoms with Crippen molar-refractivity contribution in [2.24, 2.45) is 11.7 Å². The number of nitrogens with zero attached hydrogens (tertiary/aromatic N) is 2. The van der Waals surface area contributed by atoms with Crippen molar-refractivity contribution in [3.05, 3.63) is 54.0 Å². The number of hydrogen-bond donors (Lipinski definition) is 5. The highest BCUT2D eigenvalue weighted by Gasteiger charge is 2.32. The van der Waals surface area contributed by atoms with Gasteiger partial charge in [0.2, 0.25) is 11.9 Å². The van der Waals surface area contributed by atoms with E-state index in [9.17, 15) is 4.79 Å². The maximum atomic E-state index is 11.1. The fourth-order valence-corrected chi connectivity index (χ4v) is 2.68. The minimum Gasteiger partial charge on any atom is -0.366 e. The number of amides is 1. The zero-order valence-electron chi connectivity index (χ0n) is 13.5. The van der Waals surface area contributed by atoms with E-state index in [0.717, 1.165) is 17.4 Å². The summed E-state index contributed by atoms with van der Waals surface area (Å²) in [6, 6.07) is 9.01. The van der Waals surface area contributed by atoms with Gasteiger partial charge in [0.25, 0.3) is 0 Å². The smallest absolute Gasteiger partial charge is 0.248 e. The molecule has 1 aliphatic heterocycles. The van der Waals surface area contributed by atoms with Crippen molar-refractivity contribution in [3.8, 4) is 0 Å². The SMILES string of the molecule is NC(=O)c1ccc(Nc2nccc(NC3=CC(C4CC4)NN3)n2)cc1. The van der Waals surface area contributed by atoms with E-state index in [1.165, 1.54) is 12.8 Å². The molecule has 0 spiro atoms. The summed E-state index contributed by atoms with van der Waals surface area (Å²) in [6.45, 7) is 0. The normalized spacial score (nSPS) is 19.0. The number of primary amides is 1. The van der Waals surface area contributed by atoms with Crippen LogP contribution in [-0.2, 0) is 0 Å². The molecule has 1 unspecified atom stereocenters. The van der Waals surface area contributed by atoms with Crippen LogP contribution < -0.4 is 27.2 Å². The zero-order valence-corrected chi connectivity index (χ0v) is 13.5. The third kappa shape index (κ3) is 3.69. The fourth-order valence-electron chi connectivity index (χ4n) is 2.68. The molecule has 4 rings (SSSR count). The molecule has 128 valence electrons. The maximum Gasteiger partial charge on any atom is 0.248 e. The summed E-state index contributed by atoms with van der Waals surface area (Å²) < 4.78 is 0. The van der Waals surface area contributed by atoms with Gasteiger partial charge in [0, 0.05) is 17.4 Å². The number of carbonyl (C=O) groups excluding carboxylic acids is 1. The number of nitrogens with one attached hydrogen (secondary N) is 4. The molecule has 25 heavy (non-hydrogen) atoms. The third-order valence-corrected chi connectivity index (χ3v) is 4.19. The number of aromatic nitrogens is 2. The molecule has 1 amide bonds. The van der Waals surface area contributed by atoms with Crippen molar-refractivity contribution in [1.29, 1.82) is 0 Å². The van der Waals surface area contributed by atoms with Crippen LogP contribution in [0.2, 0.25) is 0 Å². The van der Waals surface area contributed by atoms with Crippen LogP contribution >= 0.6 is 0 Å². The van der Waals surface area contributed by atoms with Crippen LogP contribution in [0.25, 0.3) is 0 Å². The van der Waals surface area contributed by atoms with E-state index in [1.54, 1.807) is 36.5 Å². The molecule has 8 nitrogen and oxygen atoms in total. The van der Waals surface area contributed by atoms with E-state index < -0.39 is 5.91 Å². The Morgan fingerprint density at radius 1 is 1.16 bits per heavy atom. The zero-order chi connectivity index (χ0) is 17.2. The highest BCUT2D eigenvalue weighted by Crippen LogP contribution is 2.34. The Morgan fingerprint density at radius 2 is 1.96 bits per heavy atom. The second-order valence-electron chi connectivity index (χ2n) is 6.17. The van der Waals surface area contributed by atoms with Gasteiger partial charge in [0.05, 0.1) is 6.04 Å². The number of rotatable bonds is 6. The van der Waals surface area contributed by atoms with Gasteiger partial charge in [-0.25, -0.2) is 10.4 Å². The van der Waals surface area contributed by atoms with Crippen molar-refractivity contribution < 1.29 is 4.79 Å². The molecule has 8 heteroatoms. The largest absolute Gasteiger partial charge is 0.366 e. The average molecular weight is 337 g/mol. The molecule has 0 saturated heterocycles. The van der Waals surface area contributed by atoms with Gasteiger partial charge in [-0.15, -0.1) is 0 Å². The number of hydrogen-bond acceptors (Lipinski definition) is 7. The fraction of sp³-hybridized carbons (Fsp3) is 0.235. The lowest BCUT2D eigenvalue weighted by Crippen LogP contribution is -2.34. The number of hydrazine groups is 1. The van der Waals surface area contributed by atoms with Crippen molar-refractivity contribution in [1.82, 2.24) is 20.8 Å². The van der Waals surface area contributed by atoms with Gasteiger partial charge in [-0.2, -0.15) is 4.98 Å². The minimum atomic E-state index is -0.454. The van der Waals surface area contributed by atoms with Crippen LogP contribution in [0.4, 0.5) is 17.5 Å². The second kappa shape index (κ2) is 6.40. The summed E-state index contributed by atoms with van der Waals surface area (Å²) in [5.74, 6) is 2.32. The van der Waals surface area contributed by atoms with Gasteiger partial charge in [-0.1, -0.05) is 0 Å². The summed E-state index contributed by atoms with van der Waals surface area (Å²) in [5.41, 5.74) is 12.9. The van der Waals surface area contributed by atoms with Crippen LogP contribution in [0.3, 0.4) is 0 Å². The first-order valence-corrected chi connectivity index (χ1v) is 8.18. The van der Waals surface area contributed by atoms with Gasteiger partial charge < -0.3 is 21.8 Å². The van der Waals surface area contributed by atoms with Crippen molar-refractivity contribution in [3.63, 3.8) is 0 Å². The summed E-state index contributed by atoms with van der Waals surface area (Å²) in [4.78, 5) is 19.8. The monoisotopic (exact) mass is 337 g/mol. The van der Waals surface area contributed by atoms with E-state index >= 15 is 0 Å². The molecule has 0 bridgehead atoms. The van der Waals surface area contributed by atoms with Crippen LogP contribution in [0.15, 0.2) is 48.4 Å². The lowest BCUT2D eigenvalue weighted by Gasteiger charge is -2.10. The van der Waals surface area contributed by atoms with Crippen molar-refractivity contribution >= 4 is 23.4 Å². The summed E-state index contributed by atoms with van der Waals surface area (Å²) in [5, 5.41) is 6.34. The number of benzene rings is 1. The molecular formula is C17H19N7O. The molecule has 1 saturated carbocycles. The van der Waals surface area contributed by atoms with Crippen molar-refractivity contribution in [2.45, 2.75) is 18.9 Å². The highest BCUT2D eigenvalue weighted by molar-refractivity contribution is 5.93. The van der Waals surface area contributed by atoms with Gasteiger partial charge in [-0.05, 0) is 55.2 Å². The van der Waals surface area contributed by atoms with E-state index in [-0.39, 0.29) is 0 Å². The predicted octanol–water partition coefficient (Wildman–Crippen LogP) is 1.46. The number of carbonyl (C=O) groups is 1. The Morgan fingerprint density at radius 3 is 2.68 bits per heavy atom. The Bertz CT molecular complexity index is 814. The molecule has 0 radical (unpaired) electrons. The lowest BCUT2D eigenvalue weighted by atomic mass is 10.2. The molecule has 1 aliphatic carbocycles. The Labute approximate surface area is 144 Å². The Kier molecular flexibility index (Phi) is 3.95.